The molecule has 0 unspecified atom stereocenters. The second-order valence-corrected chi connectivity index (χ2v) is 13.7. The number of thioether (sulfide) groups is 2. The van der Waals surface area contributed by atoms with E-state index in [1.807, 2.05) is 13.8 Å². The molecule has 9 N–H and O–H groups in total. The molecule has 2 heterocycles. The smallest absolute Gasteiger partial charge is 0.353 e. The minimum atomic E-state index is -1.14. The van der Waals surface area contributed by atoms with Crippen molar-refractivity contribution in [3.05, 3.63) is 22.4 Å². The minimum absolute atomic E-state index is 0. The number of fused-ring (bicyclic) bond motifs is 1. The van der Waals surface area contributed by atoms with Crippen molar-refractivity contribution in [3.63, 3.8) is 0 Å². The third-order valence-corrected chi connectivity index (χ3v) is 9.78. The molecule has 14 nitrogen and oxygen atoms in total. The van der Waals surface area contributed by atoms with Crippen molar-refractivity contribution >= 4 is 89.1 Å². The first-order valence-electron chi connectivity index (χ1n) is 14.2. The molecule has 0 bridgehead atoms. The first-order valence-corrected chi connectivity index (χ1v) is 16.4. The van der Waals surface area contributed by atoms with Crippen LogP contribution in [0, 0.1) is 17.3 Å². The van der Waals surface area contributed by atoms with Crippen LogP contribution in [-0.2, 0) is 24.0 Å². The summed E-state index contributed by atoms with van der Waals surface area (Å²) in [5.74, 6) is -2.67. The Labute approximate surface area is 293 Å². The number of hydrogen-bond acceptors (Lipinski definition) is 10. The normalized spacial score (nSPS) is 22.8. The third kappa shape index (κ3) is 11.9. The molecule has 5 atom stereocenters. The number of nitrogens with zero attached hydrogens (tertiary/aromatic N) is 2. The number of β-lactam (4-membered cyclic amide) rings is 1. The van der Waals surface area contributed by atoms with Gasteiger partial charge in [0.05, 0.1) is 30.9 Å². The first-order chi connectivity index (χ1) is 20.6. The fraction of sp³-hybridized carbons (Fsp3) is 0.643. The average molecular weight is 681 g/mol. The number of carboxylic acid groups (broad SMARTS) is 3. The van der Waals surface area contributed by atoms with Gasteiger partial charge in [0.2, 0.25) is 11.8 Å². The summed E-state index contributed by atoms with van der Waals surface area (Å²) in [6.07, 6.45) is 5.37. The van der Waals surface area contributed by atoms with Crippen LogP contribution < -0.4 is 16.8 Å². The van der Waals surface area contributed by atoms with E-state index in [1.54, 1.807) is 6.92 Å². The monoisotopic (exact) mass is 680 g/mol. The van der Waals surface area contributed by atoms with Gasteiger partial charge in [0.1, 0.15) is 17.4 Å². The molecule has 1 radical (unpaired) electrons. The van der Waals surface area contributed by atoms with Crippen LogP contribution >= 0.6 is 23.5 Å². The van der Waals surface area contributed by atoms with Crippen LogP contribution in [0.15, 0.2) is 27.4 Å². The summed E-state index contributed by atoms with van der Waals surface area (Å²) in [4.78, 5) is 62.8. The van der Waals surface area contributed by atoms with E-state index in [2.05, 4.69) is 10.3 Å². The van der Waals surface area contributed by atoms with Crippen molar-refractivity contribution in [1.82, 2.24) is 10.2 Å². The number of carbonyl (C=O) groups is 5. The zero-order valence-corrected chi connectivity index (χ0v) is 29.7. The van der Waals surface area contributed by atoms with Gasteiger partial charge in [0, 0.05) is 58.3 Å². The molecule has 2 amide bonds. The molecule has 0 spiro atoms. The molecule has 1 saturated heterocycles. The van der Waals surface area contributed by atoms with Crippen molar-refractivity contribution in [1.29, 1.82) is 0 Å². The van der Waals surface area contributed by atoms with Crippen LogP contribution in [-0.4, -0.2) is 133 Å². The predicted molar refractivity (Wildman–Crippen MR) is 173 cm³/mol. The second-order valence-electron chi connectivity index (χ2n) is 11.4. The van der Waals surface area contributed by atoms with Gasteiger partial charge in [-0.2, -0.15) is 11.8 Å². The molecule has 17 heteroatoms. The topological polar surface area (TPSA) is 246 Å². The number of carboxylic acids is 3. The number of aliphatic imine (C=N–C) groups is 1. The van der Waals surface area contributed by atoms with Gasteiger partial charge >= 0.3 is 17.9 Å². The van der Waals surface area contributed by atoms with Gasteiger partial charge in [-0.25, -0.2) is 9.59 Å². The van der Waals surface area contributed by atoms with Crippen LogP contribution in [0.2, 0.25) is 0 Å². The van der Waals surface area contributed by atoms with Crippen LogP contribution in [0.1, 0.15) is 52.9 Å². The van der Waals surface area contributed by atoms with Gasteiger partial charge in [0.15, 0.2) is 0 Å². The van der Waals surface area contributed by atoms with E-state index in [-0.39, 0.29) is 70.1 Å². The van der Waals surface area contributed by atoms with E-state index in [9.17, 15) is 34.2 Å². The van der Waals surface area contributed by atoms with E-state index >= 15 is 0 Å². The number of unbranched alkanes of at least 4 members (excludes halogenated alkanes) is 2. The van der Waals surface area contributed by atoms with Crippen molar-refractivity contribution in [2.24, 2.45) is 33.7 Å². The summed E-state index contributed by atoms with van der Waals surface area (Å²) >= 11 is 2.84. The number of nitrogens with two attached hydrogens (primary N) is 2. The molecule has 1 aliphatic carbocycles. The number of nitrogens with one attached hydrogen (secondary N) is 1. The largest absolute Gasteiger partial charge is 0.480 e. The fourth-order valence-electron chi connectivity index (χ4n) is 4.86. The summed E-state index contributed by atoms with van der Waals surface area (Å²) in [7, 11) is 0. The standard InChI is InChI=1S/C16H26N2O5S.C12H17N3O4S.Na/c1-16(2)8-10(16)13(19)18-12(15(22)23)6-4-3-5-7-24-9-11(17)14(20)21;1-6(16)9-7-4-8(20-3-2-14-5-13)10(12(18)19)15(7)11(9)17;/h6,10-11H,3-5,7-9,17H2,1-2H3,(H,18,19)(H,20,21)(H,22,23);5-7,9,16H,2-4H2,1H3,(H2,13,14)(H,18,19);/b12-6-;;/t10-,11+;6-,7-,9-;/m11./s1. The number of carbonyl (C=O) groups excluding carboxylic acids is 2. The Morgan fingerprint density at radius 1 is 1.18 bits per heavy atom. The molecule has 247 valence electrons. The van der Waals surface area contributed by atoms with Gasteiger partial charge < -0.3 is 42.1 Å². The number of aliphatic hydroxyl groups excluding tert-OH is 1. The maximum Gasteiger partial charge on any atom is 0.353 e. The molecule has 1 saturated carbocycles. The van der Waals surface area contributed by atoms with E-state index < -0.39 is 36.0 Å². The van der Waals surface area contributed by atoms with Crippen LogP contribution in [0.5, 0.6) is 0 Å². The second kappa shape index (κ2) is 18.9. The number of aliphatic carboxylic acids is 3. The van der Waals surface area contributed by atoms with Crippen LogP contribution in [0.25, 0.3) is 0 Å². The summed E-state index contributed by atoms with van der Waals surface area (Å²) in [6.45, 7) is 6.02. The summed E-state index contributed by atoms with van der Waals surface area (Å²) < 4.78 is 0. The maximum atomic E-state index is 12.0. The Morgan fingerprint density at radius 3 is 2.33 bits per heavy atom. The third-order valence-electron chi connectivity index (χ3n) is 7.52. The number of hydrogen-bond donors (Lipinski definition) is 7. The fourth-order valence-corrected chi connectivity index (χ4v) is 6.88. The first kappa shape index (κ1) is 40.9. The Hall–Kier alpha value is -2.08. The Balaban J connectivity index is 0.000000446. The molecular weight excluding hydrogens is 637 g/mol. The van der Waals surface area contributed by atoms with Crippen LogP contribution in [0.4, 0.5) is 0 Å². The van der Waals surface area contributed by atoms with Crippen molar-refractivity contribution in [3.8, 4) is 0 Å². The van der Waals surface area contributed by atoms with E-state index in [0.717, 1.165) is 25.0 Å². The molecule has 0 aromatic rings. The van der Waals surface area contributed by atoms with Crippen molar-refractivity contribution in [2.75, 3.05) is 23.8 Å². The number of amides is 2. The average Bonchev–Trinajstić information content (AvgIpc) is 3.46. The molecule has 2 fully saturated rings. The number of aliphatic hydroxyl groups is 1. The van der Waals surface area contributed by atoms with Gasteiger partial charge in [0.25, 0.3) is 0 Å². The predicted octanol–water partition coefficient (Wildman–Crippen LogP) is 0.666. The maximum absolute atomic E-state index is 12.0. The zero-order chi connectivity index (χ0) is 33.2. The summed E-state index contributed by atoms with van der Waals surface area (Å²) in [5.41, 5.74) is 10.5. The molecule has 3 rings (SSSR count). The quantitative estimate of drug-likeness (QED) is 0.0279. The Kier molecular flexibility index (Phi) is 17.2. The minimum Gasteiger partial charge on any atom is -0.480 e. The van der Waals surface area contributed by atoms with Gasteiger partial charge in [-0.3, -0.25) is 19.4 Å². The summed E-state index contributed by atoms with van der Waals surface area (Å²) in [5, 5.41) is 39.2. The van der Waals surface area contributed by atoms with E-state index in [4.69, 9.17) is 21.7 Å². The molecule has 3 aliphatic rings. The number of rotatable bonds is 17. The molecular formula is C28H43N5NaO9S2. The zero-order valence-electron chi connectivity index (χ0n) is 26.1. The molecule has 0 aromatic carbocycles. The van der Waals surface area contributed by atoms with Crippen LogP contribution in [0.3, 0.4) is 0 Å². The van der Waals surface area contributed by atoms with Gasteiger partial charge in [-0.05, 0) is 43.8 Å². The van der Waals surface area contributed by atoms with E-state index in [1.165, 1.54) is 40.8 Å². The van der Waals surface area contributed by atoms with Crippen molar-refractivity contribution in [2.45, 2.75) is 71.1 Å². The molecule has 2 aliphatic heterocycles. The number of allylic oxidation sites excluding steroid dienone is 1. The Bertz CT molecular complexity index is 1190. The SMILES string of the molecule is CC1(C)C[C@@H]1C(=O)N/C(=C\CCCCSC[C@H](N)C(=O)O)C(=O)O.C[C@@H](O)[C@H]1C(=O)N2C(C(=O)O)=C(SCCN=CN)C[C@H]12.[Na]. The molecule has 0 aromatic heterocycles. The van der Waals surface area contributed by atoms with Crippen molar-refractivity contribution < 1.29 is 44.4 Å². The van der Waals surface area contributed by atoms with Gasteiger partial charge in [-0.1, -0.05) is 19.9 Å². The Morgan fingerprint density at radius 2 is 1.82 bits per heavy atom. The molecule has 45 heavy (non-hydrogen) atoms. The summed E-state index contributed by atoms with van der Waals surface area (Å²) in [6, 6.07) is -1.08. The van der Waals surface area contributed by atoms with Gasteiger partial charge in [-0.15, -0.1) is 11.8 Å². The van der Waals surface area contributed by atoms with E-state index in [0.29, 0.717) is 35.8 Å².